The Morgan fingerprint density at radius 3 is 2.92 bits per heavy atom. The van der Waals surface area contributed by atoms with Gasteiger partial charge in [0.2, 0.25) is 5.13 Å². The number of anilines is 1. The molecule has 0 spiro atoms. The zero-order chi connectivity index (χ0) is 9.47. The highest BCUT2D eigenvalue weighted by molar-refractivity contribution is 7.09. The normalized spacial score (nSPS) is 31.0. The summed E-state index contributed by atoms with van der Waals surface area (Å²) in [6.07, 6.45) is 2.57. The third kappa shape index (κ3) is 1.53. The lowest BCUT2D eigenvalue weighted by molar-refractivity contribution is 0.168. The Hall–Kier alpha value is -0.350. The zero-order valence-electron chi connectivity index (χ0n) is 7.62. The predicted molar refractivity (Wildman–Crippen MR) is 55.4 cm³/mol. The highest BCUT2D eigenvalue weighted by atomic mass is 35.5. The van der Waals surface area contributed by atoms with E-state index < -0.39 is 0 Å². The second kappa shape index (κ2) is 3.10. The minimum absolute atomic E-state index is 0.160. The van der Waals surface area contributed by atoms with Gasteiger partial charge in [-0.25, -0.2) is 4.98 Å². The van der Waals surface area contributed by atoms with E-state index in [-0.39, 0.29) is 10.8 Å². The van der Waals surface area contributed by atoms with Crippen molar-refractivity contribution in [3.63, 3.8) is 0 Å². The van der Waals surface area contributed by atoms with E-state index in [1.165, 1.54) is 11.5 Å². The van der Waals surface area contributed by atoms with Crippen LogP contribution in [0, 0.1) is 5.41 Å². The third-order valence-corrected chi connectivity index (χ3v) is 4.14. The van der Waals surface area contributed by atoms with Crippen LogP contribution in [-0.4, -0.2) is 20.8 Å². The first kappa shape index (κ1) is 9.21. The van der Waals surface area contributed by atoms with Crippen molar-refractivity contribution >= 4 is 28.3 Å². The van der Waals surface area contributed by atoms with Gasteiger partial charge < -0.3 is 5.32 Å². The summed E-state index contributed by atoms with van der Waals surface area (Å²) in [5.41, 5.74) is 0.160. The molecule has 1 aromatic heterocycles. The molecular weight excluding hydrogens is 206 g/mol. The number of nitrogens with zero attached hydrogens (tertiary/aromatic N) is 2. The Labute approximate surface area is 86.7 Å². The maximum absolute atomic E-state index is 6.10. The Morgan fingerprint density at radius 1 is 1.69 bits per heavy atom. The van der Waals surface area contributed by atoms with Gasteiger partial charge in [0.1, 0.15) is 6.33 Å². The molecule has 0 aliphatic heterocycles. The molecule has 0 aromatic carbocycles. The second-order valence-electron chi connectivity index (χ2n) is 3.97. The van der Waals surface area contributed by atoms with Crippen molar-refractivity contribution < 1.29 is 0 Å². The summed E-state index contributed by atoms with van der Waals surface area (Å²) in [4.78, 5) is 4.08. The Bertz CT molecular complexity index is 286. The molecule has 0 bridgehead atoms. The smallest absolute Gasteiger partial charge is 0.202 e. The zero-order valence-corrected chi connectivity index (χ0v) is 9.19. The first-order valence-corrected chi connectivity index (χ1v) is 5.49. The third-order valence-electron chi connectivity index (χ3n) is 2.81. The van der Waals surface area contributed by atoms with Gasteiger partial charge in [-0.05, 0) is 6.42 Å². The van der Waals surface area contributed by atoms with E-state index in [1.807, 2.05) is 0 Å². The Balaban J connectivity index is 1.98. The van der Waals surface area contributed by atoms with Crippen molar-refractivity contribution in [3.05, 3.63) is 6.33 Å². The van der Waals surface area contributed by atoms with E-state index in [0.29, 0.717) is 6.04 Å². The lowest BCUT2D eigenvalue weighted by atomic mass is 9.67. The van der Waals surface area contributed by atoms with Gasteiger partial charge in [0.25, 0.3) is 0 Å². The average molecular weight is 218 g/mol. The number of aromatic nitrogens is 2. The van der Waals surface area contributed by atoms with Gasteiger partial charge >= 0.3 is 0 Å². The highest BCUT2D eigenvalue weighted by Gasteiger charge is 2.47. The lowest BCUT2D eigenvalue weighted by Gasteiger charge is -2.49. The molecule has 1 aliphatic rings. The van der Waals surface area contributed by atoms with E-state index in [9.17, 15) is 0 Å². The fraction of sp³-hybridized carbons (Fsp3) is 0.750. The van der Waals surface area contributed by atoms with E-state index in [2.05, 4.69) is 28.5 Å². The first-order valence-electron chi connectivity index (χ1n) is 4.28. The summed E-state index contributed by atoms with van der Waals surface area (Å²) in [5.74, 6) is 0. The molecule has 3 nitrogen and oxygen atoms in total. The molecule has 1 N–H and O–H groups in total. The van der Waals surface area contributed by atoms with Crippen LogP contribution in [0.15, 0.2) is 6.33 Å². The maximum atomic E-state index is 6.10. The molecule has 72 valence electrons. The van der Waals surface area contributed by atoms with E-state index in [0.717, 1.165) is 11.6 Å². The predicted octanol–water partition coefficient (Wildman–Crippen LogP) is 2.36. The van der Waals surface area contributed by atoms with Crippen LogP contribution >= 0.6 is 23.1 Å². The molecule has 1 saturated carbocycles. The van der Waals surface area contributed by atoms with Crippen molar-refractivity contribution in [1.82, 2.24) is 9.36 Å². The number of hydrogen-bond donors (Lipinski definition) is 1. The quantitative estimate of drug-likeness (QED) is 0.773. The standard InChI is InChI=1S/C8H12ClN3S/c1-8(2)5(9)3-6(8)12-7-10-4-11-13-7/h4-6H,3H2,1-2H3,(H,10,11,12). The lowest BCUT2D eigenvalue weighted by Crippen LogP contribution is -2.54. The number of nitrogens with one attached hydrogen (secondary N) is 1. The number of rotatable bonds is 2. The van der Waals surface area contributed by atoms with Gasteiger partial charge in [0, 0.05) is 28.4 Å². The number of hydrogen-bond acceptors (Lipinski definition) is 4. The molecule has 2 rings (SSSR count). The van der Waals surface area contributed by atoms with Crippen molar-refractivity contribution in [1.29, 1.82) is 0 Å². The summed E-state index contributed by atoms with van der Waals surface area (Å²) < 4.78 is 3.94. The van der Waals surface area contributed by atoms with Crippen molar-refractivity contribution in [3.8, 4) is 0 Å². The minimum atomic E-state index is 0.160. The molecular formula is C8H12ClN3S. The van der Waals surface area contributed by atoms with Crippen LogP contribution in [0.5, 0.6) is 0 Å². The van der Waals surface area contributed by atoms with Gasteiger partial charge in [-0.3, -0.25) is 0 Å². The van der Waals surface area contributed by atoms with Crippen LogP contribution in [-0.2, 0) is 0 Å². The second-order valence-corrected chi connectivity index (χ2v) is 5.27. The Kier molecular flexibility index (Phi) is 2.20. The summed E-state index contributed by atoms with van der Waals surface area (Å²) in [6.45, 7) is 4.35. The molecule has 0 amide bonds. The average Bonchev–Trinajstić information content (AvgIpc) is 2.56. The van der Waals surface area contributed by atoms with Crippen LogP contribution in [0.4, 0.5) is 5.13 Å². The SMILES string of the molecule is CC1(C)C(Cl)CC1Nc1ncns1. The molecule has 1 aromatic rings. The molecule has 5 heteroatoms. The molecule has 0 saturated heterocycles. The van der Waals surface area contributed by atoms with E-state index in [1.54, 1.807) is 6.33 Å². The molecule has 13 heavy (non-hydrogen) atoms. The molecule has 1 fully saturated rings. The molecule has 2 atom stereocenters. The van der Waals surface area contributed by atoms with E-state index >= 15 is 0 Å². The molecule has 1 heterocycles. The molecule has 2 unspecified atom stereocenters. The molecule has 1 aliphatic carbocycles. The van der Waals surface area contributed by atoms with Crippen LogP contribution in [0.3, 0.4) is 0 Å². The fourth-order valence-corrected chi connectivity index (χ4v) is 2.32. The Morgan fingerprint density at radius 2 is 2.46 bits per heavy atom. The van der Waals surface area contributed by atoms with Gasteiger partial charge in [0.15, 0.2) is 0 Å². The molecule has 0 radical (unpaired) electrons. The highest BCUT2D eigenvalue weighted by Crippen LogP contribution is 2.45. The monoisotopic (exact) mass is 217 g/mol. The summed E-state index contributed by atoms with van der Waals surface area (Å²) in [7, 11) is 0. The van der Waals surface area contributed by atoms with Crippen molar-refractivity contribution in [2.75, 3.05) is 5.32 Å². The van der Waals surface area contributed by atoms with Crippen molar-refractivity contribution in [2.24, 2.45) is 5.41 Å². The van der Waals surface area contributed by atoms with Gasteiger partial charge in [-0.2, -0.15) is 4.37 Å². The van der Waals surface area contributed by atoms with E-state index in [4.69, 9.17) is 11.6 Å². The summed E-state index contributed by atoms with van der Waals surface area (Å²) in [5, 5.41) is 4.51. The van der Waals surface area contributed by atoms with Crippen LogP contribution < -0.4 is 5.32 Å². The first-order chi connectivity index (χ1) is 6.10. The summed E-state index contributed by atoms with van der Waals surface area (Å²) >= 11 is 7.49. The van der Waals surface area contributed by atoms with Crippen LogP contribution in [0.1, 0.15) is 20.3 Å². The van der Waals surface area contributed by atoms with Gasteiger partial charge in [-0.15, -0.1) is 11.6 Å². The number of halogens is 1. The van der Waals surface area contributed by atoms with Gasteiger partial charge in [0.05, 0.1) is 0 Å². The largest absolute Gasteiger partial charge is 0.357 e. The topological polar surface area (TPSA) is 37.8 Å². The summed E-state index contributed by atoms with van der Waals surface area (Å²) in [6, 6.07) is 0.433. The fourth-order valence-electron chi connectivity index (χ4n) is 1.50. The number of alkyl halides is 1. The van der Waals surface area contributed by atoms with Crippen molar-refractivity contribution in [2.45, 2.75) is 31.7 Å². The minimum Gasteiger partial charge on any atom is -0.357 e. The van der Waals surface area contributed by atoms with Crippen LogP contribution in [0.25, 0.3) is 0 Å². The maximum Gasteiger partial charge on any atom is 0.202 e. The van der Waals surface area contributed by atoms with Gasteiger partial charge in [-0.1, -0.05) is 13.8 Å². The van der Waals surface area contributed by atoms with Crippen LogP contribution in [0.2, 0.25) is 0 Å².